The van der Waals surface area contributed by atoms with Gasteiger partial charge in [-0.05, 0) is 86.0 Å². The van der Waals surface area contributed by atoms with Gasteiger partial charge in [0.25, 0.3) is 16.9 Å². The zero-order valence-corrected chi connectivity index (χ0v) is 84.6. The van der Waals surface area contributed by atoms with Gasteiger partial charge in [-0.2, -0.15) is 27.3 Å². The number of nitrogen functional groups attached to an aromatic ring is 1. The molecule has 0 spiro atoms. The van der Waals surface area contributed by atoms with Gasteiger partial charge < -0.3 is 67.6 Å². The molecular weight excluding hydrogens is 2230 g/mol. The number of carbonyl (C=O) groups excluding carboxylic acids is 7. The molecular formula is C95H87Cl5F4N13O26PPb. The number of carboxylic acid groups (broad SMARTS) is 1. The van der Waals surface area contributed by atoms with E-state index >= 15 is 0 Å². The van der Waals surface area contributed by atoms with Crippen molar-refractivity contribution in [2.24, 2.45) is 10.1 Å². The van der Waals surface area contributed by atoms with Gasteiger partial charge in [-0.25, -0.2) is 24.5 Å². The van der Waals surface area contributed by atoms with Crippen LogP contribution in [0.4, 0.5) is 17.6 Å². The number of fused-ring (bicyclic) bond motifs is 16. The average molecular weight is 2320 g/mol. The van der Waals surface area contributed by atoms with Crippen molar-refractivity contribution < 1.29 is 123 Å². The number of halogens is 9. The molecule has 0 fully saturated rings. The number of nitrogens with zero attached hydrogens (tertiary/aromatic N) is 10. The maximum absolute atomic E-state index is 13.5. The minimum absolute atomic E-state index is 0. The van der Waals surface area contributed by atoms with Crippen LogP contribution < -0.4 is 31.2 Å². The van der Waals surface area contributed by atoms with Crippen LogP contribution in [0, 0.1) is 5.95 Å². The van der Waals surface area contributed by atoms with Gasteiger partial charge in [0.15, 0.2) is 11.2 Å². The fraction of sp³-hybridized carbons (Fsp3) is 0.232. The molecule has 760 valence electrons. The molecule has 0 aliphatic carbocycles. The summed E-state index contributed by atoms with van der Waals surface area (Å²) in [5, 5.41) is 25.0. The number of aliphatic carboxylic acids is 1. The molecule has 8 aliphatic rings. The van der Waals surface area contributed by atoms with Crippen LogP contribution in [0.15, 0.2) is 259 Å². The molecule has 50 heteroatoms. The van der Waals surface area contributed by atoms with E-state index in [1.165, 1.54) is 29.7 Å². The smallest absolute Gasteiger partial charge is 0.454 e. The molecule has 22 rings (SSSR count). The Morgan fingerprint density at radius 1 is 0.531 bits per heavy atom. The number of carbonyl (C=O) groups is 7. The van der Waals surface area contributed by atoms with Crippen molar-refractivity contribution in [1.82, 2.24) is 40.0 Å². The summed E-state index contributed by atoms with van der Waals surface area (Å²) in [6.45, 7) is 8.72. The number of carboxylic acids is 1. The molecule has 0 atom stereocenters. The van der Waals surface area contributed by atoms with Crippen LogP contribution in [0.25, 0.3) is 97.5 Å². The van der Waals surface area contributed by atoms with Crippen molar-refractivity contribution in [3.63, 3.8) is 0 Å². The van der Waals surface area contributed by atoms with Crippen molar-refractivity contribution in [3.8, 4) is 17.2 Å². The standard InChI is InChI=1S/C11H8ClNO.C11H6ClNO.C11H8FNO.C11H9NO2.C11H7NO2.C6H5F3O2.C6H6N4.C5H5N3O2.C5H5NO2.C5H6O3.C4H6O.4C2H4O2.CH4.Cl3OP.Pb/c3*12-11-8-4-2-1-3-7(8)10-9(13-11)5-6-14-10;2*13-11-8-4-2-1-3-7(8)10-9(12-11)5-6-14-10;7-6(8,9)5(10)4-1-2-11-3-4;7-10-6-4-2-1-3-5(6)8-9-10;6-8-7-5(9)4-1-2-10-3-4;7-4-6-5-1-2-8-3-5;6-5(7)4-1-2-8-3-4;1-2-4-5-3-1;4*1-2(3)4;;1-5(2,3)4;/h1-4H,5-6H2;1-6H;1-4H,5-6H2;1-4H,5-6H2,(H,12,13);1-6H,(H,12,13);3H,1-2H2;1-4H,7H2;3H,1-2H2;3H,1-2H2;3H,1-2H2,(H,6,7);1,3H,2,4H2;4*1H3,(H,3,4);1H4;;/q;;;;;;;;;;;;;;;;;+4/p-4. The van der Waals surface area contributed by atoms with E-state index in [1.54, 1.807) is 43.1 Å². The number of azide groups is 1. The molecule has 0 bridgehead atoms. The Hall–Kier alpha value is -14.9. The van der Waals surface area contributed by atoms with Crippen molar-refractivity contribution >= 4 is 220 Å². The van der Waals surface area contributed by atoms with E-state index in [-0.39, 0.29) is 37.1 Å². The SMILES string of the molecule is C.C1=COCC1.CC(=O)[O][Pb]([O]C(C)=O)([O]C(C)=O)[O]C(C)=O.Clc1nc2c(c3ccccc13)OCC2.Clc1nc2ccoc2c2ccccc12.Fc1nc2c(c3ccccc13)OCC2.Nn1nnc2ccccc21.O=C(C1=COCC1)C(F)(F)F.O=C(O)C1=COCC1.O=C=NC1=COCC1.O=P(Cl)(Cl)Cl.O=c1[nH]c2c(c3ccccc13)OCC2.O=c1[nH]c2ccoc2c2ccccc12.[N-]=[N+]=NC(=O)C1=COCC1. The van der Waals surface area contributed by atoms with Crippen LogP contribution in [0.1, 0.15) is 84.3 Å². The Bertz CT molecular complexity index is 7290. The maximum Gasteiger partial charge on any atom is 0.454 e. The van der Waals surface area contributed by atoms with Crippen molar-refractivity contribution in [3.05, 3.63) is 295 Å². The minimum Gasteiger partial charge on any atom is -0.500 e. The zero-order chi connectivity index (χ0) is 104. The number of nitrogens with two attached hydrogens (primary N) is 1. The molecule has 14 aromatic rings. The summed E-state index contributed by atoms with van der Waals surface area (Å²) in [5.41, 5.74) is 16.4. The van der Waals surface area contributed by atoms with Crippen LogP contribution in [-0.4, -0.2) is 175 Å². The number of hydrogen-bond donors (Lipinski definition) is 4. The number of alkyl halides is 3. The summed E-state index contributed by atoms with van der Waals surface area (Å²) < 4.78 is 127. The Morgan fingerprint density at radius 3 is 1.46 bits per heavy atom. The third kappa shape index (κ3) is 34.1. The van der Waals surface area contributed by atoms with E-state index in [1.807, 2.05) is 140 Å². The van der Waals surface area contributed by atoms with Gasteiger partial charge in [-0.1, -0.05) is 146 Å². The molecule has 16 heterocycles. The number of aliphatic imine (C=N–C) groups is 1. The van der Waals surface area contributed by atoms with Gasteiger partial charge in [0.1, 0.15) is 50.4 Å². The Labute approximate surface area is 850 Å². The fourth-order valence-electron chi connectivity index (χ4n) is 13.4. The molecule has 0 unspecified atom stereocenters. The predicted molar refractivity (Wildman–Crippen MR) is 529 cm³/mol. The number of isocyanates is 1. The summed E-state index contributed by atoms with van der Waals surface area (Å²) in [6.07, 6.45) is 13.9. The van der Waals surface area contributed by atoms with Gasteiger partial charge in [-0.15, -0.1) is 5.10 Å². The van der Waals surface area contributed by atoms with E-state index in [4.69, 9.17) is 76.9 Å². The Balaban J connectivity index is 0.000000177. The topological polar surface area (TPSA) is 533 Å². The molecule has 1 amide bonds. The molecule has 8 aliphatic heterocycles. The van der Waals surface area contributed by atoms with Crippen LogP contribution in [0.3, 0.4) is 0 Å². The number of pyridine rings is 5. The first-order valence-electron chi connectivity index (χ1n) is 42.5. The third-order valence-corrected chi connectivity index (χ3v) is 28.3. The van der Waals surface area contributed by atoms with E-state index in [0.29, 0.717) is 102 Å². The van der Waals surface area contributed by atoms with E-state index in [0.717, 1.165) is 172 Å². The third-order valence-electron chi connectivity index (χ3n) is 19.4. The maximum atomic E-state index is 13.5. The summed E-state index contributed by atoms with van der Waals surface area (Å²) in [6, 6.07) is 49.0. The quantitative estimate of drug-likeness (QED) is 0.0105. The van der Waals surface area contributed by atoms with Crippen molar-refractivity contribution in [2.45, 2.75) is 92.7 Å². The van der Waals surface area contributed by atoms with E-state index < -0.39 is 81.8 Å². The number of H-pyrrole nitrogens is 2. The predicted octanol–water partition coefficient (Wildman–Crippen LogP) is 20.2. The normalized spacial score (nSPS) is 13.4. The summed E-state index contributed by atoms with van der Waals surface area (Å²) in [5.74, 6) is 0.800. The molecule has 5 N–H and O–H groups in total. The van der Waals surface area contributed by atoms with Gasteiger partial charge in [0.2, 0.25) is 17.9 Å². The molecule has 8 aromatic heterocycles. The fourth-order valence-corrected chi connectivity index (χ4v) is 20.3. The molecule has 0 radical (unpaired) electrons. The first-order chi connectivity index (χ1) is 68.9. The van der Waals surface area contributed by atoms with Crippen molar-refractivity contribution in [2.75, 3.05) is 58.7 Å². The largest absolute Gasteiger partial charge is 0.500 e. The number of rotatable bonds is 8. The van der Waals surface area contributed by atoms with Crippen molar-refractivity contribution in [1.29, 1.82) is 0 Å². The zero-order valence-electron chi connectivity index (χ0n) is 76.0. The number of para-hydroxylation sites is 1. The monoisotopic (exact) mass is 2320 g/mol. The van der Waals surface area contributed by atoms with E-state index in [9.17, 15) is 70.1 Å². The van der Waals surface area contributed by atoms with Crippen LogP contribution in [-0.2, 0) is 96.6 Å². The van der Waals surface area contributed by atoms with Gasteiger partial charge in [0.05, 0.1) is 135 Å². The summed E-state index contributed by atoms with van der Waals surface area (Å²) in [4.78, 5) is 132. The number of hydrogen-bond acceptors (Lipinski definition) is 32. The number of Topliss-reactive ketones (excluding diaryl/α,β-unsaturated/α-hetero) is 1. The first-order valence-corrected chi connectivity index (χ1v) is 54.1. The van der Waals surface area contributed by atoms with Crippen LogP contribution in [0.2, 0.25) is 10.3 Å². The minimum atomic E-state index is -5.43. The number of aromatic amines is 2. The number of aromatic nitrogens is 8. The number of amides is 1. The first kappa shape index (κ1) is 114. The number of furan rings is 2. The summed E-state index contributed by atoms with van der Waals surface area (Å²) in [7, 11) is 0. The van der Waals surface area contributed by atoms with Crippen LogP contribution >= 0.6 is 62.1 Å². The molecule has 0 saturated heterocycles. The second kappa shape index (κ2) is 55.6. The number of ether oxygens (including phenoxy) is 8. The second-order valence-corrected chi connectivity index (χ2v) is 43.9. The Kier molecular flexibility index (Phi) is 43.6. The number of ketones is 1. The summed E-state index contributed by atoms with van der Waals surface area (Å²) >= 11 is 20.5. The second-order valence-electron chi connectivity index (χ2n) is 29.5. The molecule has 145 heavy (non-hydrogen) atoms. The molecule has 0 saturated carbocycles. The Morgan fingerprint density at radius 2 is 0.972 bits per heavy atom. The number of benzene rings is 6. The van der Waals surface area contributed by atoms with E-state index in [2.05, 4.69) is 104 Å². The molecule has 39 nitrogen and oxygen atoms in total. The van der Waals surface area contributed by atoms with Crippen LogP contribution in [0.5, 0.6) is 17.2 Å². The van der Waals surface area contributed by atoms with Gasteiger partial charge in [-0.3, -0.25) is 23.7 Å². The average Bonchev–Trinajstić information content (AvgIpc) is 1.64. The van der Waals surface area contributed by atoms with Gasteiger partial charge in [0, 0.05) is 123 Å². The molecule has 6 aromatic carbocycles. The number of nitrogens with one attached hydrogen (secondary N) is 2. The van der Waals surface area contributed by atoms with Gasteiger partial charge >= 0.3 is 122 Å².